The van der Waals surface area contributed by atoms with E-state index in [-0.39, 0.29) is 6.10 Å². The fourth-order valence-corrected chi connectivity index (χ4v) is 2.94. The van der Waals surface area contributed by atoms with E-state index in [2.05, 4.69) is 0 Å². The Morgan fingerprint density at radius 2 is 1.90 bits per heavy atom. The monoisotopic (exact) mass is 308 g/mol. The van der Waals surface area contributed by atoms with E-state index >= 15 is 0 Å². The number of rotatable bonds is 1. The molecule has 4 heteroatoms. The van der Waals surface area contributed by atoms with Gasteiger partial charge in [0.05, 0.1) is 6.10 Å². The van der Waals surface area contributed by atoms with Crippen LogP contribution in [0.3, 0.4) is 0 Å². The van der Waals surface area contributed by atoms with E-state index in [1.165, 1.54) is 0 Å². The standard InChI is InChI=1S/C16H14Cl2O2/c1-9-2-5-15-12(6-9)14(19)8-16(20-15)11-7-10(17)3-4-13(11)18/h2-7,14,16,19H,8H2,1H3. The minimum atomic E-state index is -0.557. The number of aliphatic hydroxyl groups is 1. The smallest absolute Gasteiger partial charge is 0.128 e. The maximum absolute atomic E-state index is 10.3. The van der Waals surface area contributed by atoms with Gasteiger partial charge in [0.1, 0.15) is 11.9 Å². The summed E-state index contributed by atoms with van der Waals surface area (Å²) in [6.45, 7) is 1.99. The lowest BCUT2D eigenvalue weighted by molar-refractivity contribution is 0.0657. The van der Waals surface area contributed by atoms with Crippen molar-refractivity contribution in [2.45, 2.75) is 25.6 Å². The molecule has 1 N–H and O–H groups in total. The van der Waals surface area contributed by atoms with Crippen LogP contribution in [0.5, 0.6) is 5.75 Å². The molecule has 0 spiro atoms. The van der Waals surface area contributed by atoms with Crippen molar-refractivity contribution in [1.29, 1.82) is 0 Å². The Hall–Kier alpha value is -1.22. The van der Waals surface area contributed by atoms with Crippen molar-refractivity contribution in [3.8, 4) is 5.75 Å². The number of aryl methyl sites for hydroxylation is 1. The lowest BCUT2D eigenvalue weighted by Gasteiger charge is -2.30. The first-order chi connectivity index (χ1) is 9.54. The van der Waals surface area contributed by atoms with Gasteiger partial charge < -0.3 is 9.84 Å². The van der Waals surface area contributed by atoms with E-state index < -0.39 is 6.10 Å². The third-order valence-electron chi connectivity index (χ3n) is 3.54. The summed E-state index contributed by atoms with van der Waals surface area (Å²) in [6.07, 6.45) is -0.374. The van der Waals surface area contributed by atoms with Crippen LogP contribution in [-0.2, 0) is 0 Å². The summed E-state index contributed by atoms with van der Waals surface area (Å²) in [5.41, 5.74) is 2.74. The Balaban J connectivity index is 1.99. The number of hydrogen-bond acceptors (Lipinski definition) is 2. The second-order valence-corrected chi connectivity index (χ2v) is 5.91. The molecule has 1 aliphatic rings. The molecule has 0 aliphatic carbocycles. The number of halogens is 2. The molecule has 104 valence electrons. The van der Waals surface area contributed by atoms with E-state index in [1.54, 1.807) is 18.2 Å². The molecule has 2 unspecified atom stereocenters. The van der Waals surface area contributed by atoms with Crippen LogP contribution in [-0.4, -0.2) is 5.11 Å². The summed E-state index contributed by atoms with van der Waals surface area (Å²) >= 11 is 12.2. The SMILES string of the molecule is Cc1ccc2c(c1)C(O)CC(c1cc(Cl)ccc1Cl)O2. The maximum Gasteiger partial charge on any atom is 0.128 e. The van der Waals surface area contributed by atoms with Crippen LogP contribution in [0, 0.1) is 6.92 Å². The van der Waals surface area contributed by atoms with Crippen LogP contribution in [0.15, 0.2) is 36.4 Å². The van der Waals surface area contributed by atoms with Gasteiger partial charge in [-0.1, -0.05) is 34.8 Å². The van der Waals surface area contributed by atoms with Crippen LogP contribution in [0.1, 0.15) is 35.3 Å². The summed E-state index contributed by atoms with van der Waals surface area (Å²) in [5, 5.41) is 11.5. The Labute approximate surface area is 127 Å². The van der Waals surface area contributed by atoms with Crippen molar-refractivity contribution in [3.05, 3.63) is 63.1 Å². The van der Waals surface area contributed by atoms with E-state index in [4.69, 9.17) is 27.9 Å². The quantitative estimate of drug-likeness (QED) is 0.815. The predicted molar refractivity (Wildman–Crippen MR) is 80.6 cm³/mol. The van der Waals surface area contributed by atoms with Crippen molar-refractivity contribution >= 4 is 23.2 Å². The van der Waals surface area contributed by atoms with Crippen LogP contribution in [0.2, 0.25) is 10.0 Å². The van der Waals surface area contributed by atoms with Gasteiger partial charge in [0.25, 0.3) is 0 Å². The molecule has 3 rings (SSSR count). The molecular weight excluding hydrogens is 295 g/mol. The van der Waals surface area contributed by atoms with Gasteiger partial charge in [-0.3, -0.25) is 0 Å². The molecule has 0 bridgehead atoms. The number of ether oxygens (including phenoxy) is 1. The molecular formula is C16H14Cl2O2. The highest BCUT2D eigenvalue weighted by Crippen LogP contribution is 2.43. The molecule has 2 atom stereocenters. The summed E-state index contributed by atoms with van der Waals surface area (Å²) in [7, 11) is 0. The molecule has 2 aromatic rings. The molecule has 2 nitrogen and oxygen atoms in total. The predicted octanol–water partition coefficient (Wildman–Crippen LogP) is 4.86. The molecule has 0 radical (unpaired) electrons. The Morgan fingerprint density at radius 3 is 2.70 bits per heavy atom. The normalized spacial score (nSPS) is 21.2. The zero-order valence-electron chi connectivity index (χ0n) is 10.9. The second-order valence-electron chi connectivity index (χ2n) is 5.07. The summed E-state index contributed by atoms with van der Waals surface area (Å²) in [4.78, 5) is 0. The van der Waals surface area contributed by atoms with E-state index in [1.807, 2.05) is 25.1 Å². The largest absolute Gasteiger partial charge is 0.485 e. The molecule has 20 heavy (non-hydrogen) atoms. The Morgan fingerprint density at radius 1 is 1.10 bits per heavy atom. The zero-order valence-corrected chi connectivity index (χ0v) is 12.4. The first kappa shape index (κ1) is 13.7. The molecule has 0 amide bonds. The van der Waals surface area contributed by atoms with Gasteiger partial charge in [0, 0.05) is 27.6 Å². The van der Waals surface area contributed by atoms with Crippen LogP contribution in [0.25, 0.3) is 0 Å². The Kier molecular flexibility index (Phi) is 3.63. The maximum atomic E-state index is 10.3. The number of hydrogen-bond donors (Lipinski definition) is 1. The fourth-order valence-electron chi connectivity index (χ4n) is 2.52. The highest BCUT2D eigenvalue weighted by Gasteiger charge is 2.29. The molecule has 1 aliphatic heterocycles. The number of benzene rings is 2. The molecule has 0 saturated carbocycles. The van der Waals surface area contributed by atoms with Gasteiger partial charge in [0.2, 0.25) is 0 Å². The van der Waals surface area contributed by atoms with Crippen molar-refractivity contribution in [3.63, 3.8) is 0 Å². The van der Waals surface area contributed by atoms with Crippen LogP contribution < -0.4 is 4.74 Å². The molecule has 0 aromatic heterocycles. The van der Waals surface area contributed by atoms with Crippen molar-refractivity contribution < 1.29 is 9.84 Å². The van der Waals surface area contributed by atoms with Crippen molar-refractivity contribution in [2.75, 3.05) is 0 Å². The van der Waals surface area contributed by atoms with Gasteiger partial charge in [-0.2, -0.15) is 0 Å². The minimum absolute atomic E-state index is 0.286. The van der Waals surface area contributed by atoms with Gasteiger partial charge in [-0.15, -0.1) is 0 Å². The molecule has 2 aromatic carbocycles. The molecule has 1 heterocycles. The minimum Gasteiger partial charge on any atom is -0.485 e. The third-order valence-corrected chi connectivity index (χ3v) is 4.12. The van der Waals surface area contributed by atoms with E-state index in [0.717, 1.165) is 16.7 Å². The zero-order chi connectivity index (χ0) is 14.3. The fraction of sp³-hybridized carbons (Fsp3) is 0.250. The topological polar surface area (TPSA) is 29.5 Å². The van der Waals surface area contributed by atoms with Gasteiger partial charge in [-0.25, -0.2) is 0 Å². The van der Waals surface area contributed by atoms with Crippen molar-refractivity contribution in [1.82, 2.24) is 0 Å². The third kappa shape index (κ3) is 2.51. The average molecular weight is 309 g/mol. The average Bonchev–Trinajstić information content (AvgIpc) is 2.42. The first-order valence-corrected chi connectivity index (χ1v) is 7.20. The van der Waals surface area contributed by atoms with Gasteiger partial charge >= 0.3 is 0 Å². The number of aliphatic hydroxyl groups excluding tert-OH is 1. The van der Waals surface area contributed by atoms with E-state index in [9.17, 15) is 5.11 Å². The molecule has 0 saturated heterocycles. The van der Waals surface area contributed by atoms with Crippen molar-refractivity contribution in [2.24, 2.45) is 0 Å². The van der Waals surface area contributed by atoms with Gasteiger partial charge in [0.15, 0.2) is 0 Å². The van der Waals surface area contributed by atoms with Crippen LogP contribution >= 0.6 is 23.2 Å². The van der Waals surface area contributed by atoms with Gasteiger partial charge in [-0.05, 0) is 37.3 Å². The molecule has 0 fully saturated rings. The lowest BCUT2D eigenvalue weighted by atomic mass is 9.94. The summed E-state index contributed by atoms with van der Waals surface area (Å²) in [5.74, 6) is 0.704. The van der Waals surface area contributed by atoms with E-state index in [0.29, 0.717) is 22.2 Å². The second kappa shape index (κ2) is 5.28. The Bertz CT molecular complexity index is 655. The van der Waals surface area contributed by atoms with Crippen LogP contribution in [0.4, 0.5) is 0 Å². The summed E-state index contributed by atoms with van der Waals surface area (Å²) in [6, 6.07) is 11.1. The highest BCUT2D eigenvalue weighted by atomic mass is 35.5. The lowest BCUT2D eigenvalue weighted by Crippen LogP contribution is -2.19. The highest BCUT2D eigenvalue weighted by molar-refractivity contribution is 6.33. The summed E-state index contributed by atoms with van der Waals surface area (Å²) < 4.78 is 5.98. The number of fused-ring (bicyclic) bond motifs is 1. The first-order valence-electron chi connectivity index (χ1n) is 6.45.